The first-order chi connectivity index (χ1) is 7.27. The Balaban J connectivity index is 2.69. The third-order valence-electron chi connectivity index (χ3n) is 2.10. The van der Waals surface area contributed by atoms with Gasteiger partial charge in [0.25, 0.3) is 0 Å². The molecule has 0 fully saturated rings. The lowest BCUT2D eigenvalue weighted by Gasteiger charge is -2.01. The summed E-state index contributed by atoms with van der Waals surface area (Å²) in [5.41, 5.74) is 0.500. The van der Waals surface area contributed by atoms with Crippen molar-refractivity contribution in [2.24, 2.45) is 0 Å². The summed E-state index contributed by atoms with van der Waals surface area (Å²) in [5, 5.41) is 17.4. The van der Waals surface area contributed by atoms with Gasteiger partial charge in [0.15, 0.2) is 5.15 Å². The molecule has 1 aromatic carbocycles. The van der Waals surface area contributed by atoms with Gasteiger partial charge in [0.1, 0.15) is 0 Å². The summed E-state index contributed by atoms with van der Waals surface area (Å²) >= 11 is 12.0. The first kappa shape index (κ1) is 8.82. The van der Waals surface area contributed by atoms with Gasteiger partial charge in [0, 0.05) is 5.39 Å². The van der Waals surface area contributed by atoms with Crippen molar-refractivity contribution in [3.8, 4) is 0 Å². The van der Waals surface area contributed by atoms with E-state index in [0.29, 0.717) is 21.2 Å². The number of hydrogen-bond donors (Lipinski definition) is 0. The van der Waals surface area contributed by atoms with Crippen LogP contribution in [0.25, 0.3) is 16.4 Å². The van der Waals surface area contributed by atoms with Gasteiger partial charge < -0.3 is 0 Å². The van der Waals surface area contributed by atoms with Gasteiger partial charge >= 0.3 is 0 Å². The summed E-state index contributed by atoms with van der Waals surface area (Å²) in [4.78, 5) is 0. The van der Waals surface area contributed by atoms with Crippen LogP contribution in [0.3, 0.4) is 0 Å². The zero-order valence-electron chi connectivity index (χ0n) is 7.22. The van der Waals surface area contributed by atoms with E-state index in [0.717, 1.165) is 5.39 Å². The minimum Gasteiger partial charge on any atom is -0.134 e. The molecule has 0 N–H and O–H groups in total. The average Bonchev–Trinajstić information content (AvgIpc) is 2.66. The topological polar surface area (TPSA) is 56.0 Å². The molecule has 0 aliphatic carbocycles. The van der Waals surface area contributed by atoms with Crippen molar-refractivity contribution >= 4 is 39.6 Å². The van der Waals surface area contributed by atoms with Gasteiger partial charge in [-0.1, -0.05) is 35.3 Å². The predicted molar refractivity (Wildman–Crippen MR) is 56.1 cm³/mol. The minimum atomic E-state index is 0.326. The van der Waals surface area contributed by atoms with Crippen LogP contribution in [0, 0.1) is 0 Å². The minimum absolute atomic E-state index is 0.326. The molecule has 0 atom stereocenters. The molecule has 0 aliphatic heterocycles. The second-order valence-electron chi connectivity index (χ2n) is 2.95. The van der Waals surface area contributed by atoms with Gasteiger partial charge in [-0.2, -0.15) is 0 Å². The lowest BCUT2D eigenvalue weighted by molar-refractivity contribution is 0.736. The van der Waals surface area contributed by atoms with Crippen LogP contribution in [0.1, 0.15) is 0 Å². The third kappa shape index (κ3) is 1.17. The fourth-order valence-corrected chi connectivity index (χ4v) is 1.95. The molecular formula is C8H3Cl2N5. The van der Waals surface area contributed by atoms with Crippen molar-refractivity contribution in [2.45, 2.75) is 0 Å². The van der Waals surface area contributed by atoms with Crippen molar-refractivity contribution in [3.63, 3.8) is 0 Å². The standard InChI is InChI=1S/C8H3Cl2N5/c9-5-3-1-2-4-6(5)8-11-13-14-15(8)12-7(4)10/h1-3H. The van der Waals surface area contributed by atoms with Gasteiger partial charge in [0.05, 0.1) is 10.4 Å². The van der Waals surface area contributed by atoms with E-state index in [1.807, 2.05) is 6.07 Å². The molecule has 0 saturated carbocycles. The lowest BCUT2D eigenvalue weighted by Crippen LogP contribution is -1.96. The average molecular weight is 240 g/mol. The van der Waals surface area contributed by atoms with Crippen molar-refractivity contribution in [1.82, 2.24) is 25.3 Å². The molecule has 3 rings (SSSR count). The van der Waals surface area contributed by atoms with E-state index >= 15 is 0 Å². The monoisotopic (exact) mass is 239 g/mol. The van der Waals surface area contributed by atoms with E-state index in [1.54, 1.807) is 12.1 Å². The van der Waals surface area contributed by atoms with Crippen molar-refractivity contribution in [1.29, 1.82) is 0 Å². The maximum atomic E-state index is 6.07. The zero-order valence-corrected chi connectivity index (χ0v) is 8.74. The van der Waals surface area contributed by atoms with Crippen LogP contribution in [0.4, 0.5) is 0 Å². The van der Waals surface area contributed by atoms with E-state index in [9.17, 15) is 0 Å². The highest BCUT2D eigenvalue weighted by atomic mass is 35.5. The molecule has 0 unspecified atom stereocenters. The molecule has 0 bridgehead atoms. The number of benzene rings is 1. The lowest BCUT2D eigenvalue weighted by atomic mass is 10.2. The number of hydrogen-bond acceptors (Lipinski definition) is 4. The Kier molecular flexibility index (Phi) is 1.77. The Morgan fingerprint density at radius 3 is 2.93 bits per heavy atom. The maximum Gasteiger partial charge on any atom is 0.209 e. The molecule has 3 aromatic rings. The molecule has 0 saturated heterocycles. The van der Waals surface area contributed by atoms with Crippen LogP contribution in [-0.4, -0.2) is 25.3 Å². The van der Waals surface area contributed by atoms with Gasteiger partial charge in [-0.05, 0) is 16.5 Å². The summed E-state index contributed by atoms with van der Waals surface area (Å²) in [5.74, 6) is 0. The SMILES string of the molecule is Clc1nn2nnnc2c2c(Cl)cccc12. The summed E-state index contributed by atoms with van der Waals surface area (Å²) in [6, 6.07) is 5.39. The summed E-state index contributed by atoms with van der Waals surface area (Å²) in [6.45, 7) is 0. The smallest absolute Gasteiger partial charge is 0.134 e. The number of nitrogens with zero attached hydrogens (tertiary/aromatic N) is 5. The highest BCUT2D eigenvalue weighted by Crippen LogP contribution is 2.29. The van der Waals surface area contributed by atoms with Crippen molar-refractivity contribution < 1.29 is 0 Å². The molecule has 2 heterocycles. The van der Waals surface area contributed by atoms with Gasteiger partial charge in [-0.3, -0.25) is 0 Å². The zero-order chi connectivity index (χ0) is 10.4. The maximum absolute atomic E-state index is 6.07. The predicted octanol–water partition coefficient (Wildman–Crippen LogP) is 1.98. The summed E-state index contributed by atoms with van der Waals surface area (Å²) < 4.78 is 1.26. The van der Waals surface area contributed by atoms with Gasteiger partial charge in [0.2, 0.25) is 5.65 Å². The second-order valence-corrected chi connectivity index (χ2v) is 3.71. The van der Waals surface area contributed by atoms with E-state index in [-0.39, 0.29) is 0 Å². The number of fused-ring (bicyclic) bond motifs is 3. The fraction of sp³-hybridized carbons (Fsp3) is 0. The molecule has 5 nitrogen and oxygen atoms in total. The molecule has 15 heavy (non-hydrogen) atoms. The first-order valence-electron chi connectivity index (χ1n) is 4.09. The van der Waals surface area contributed by atoms with Crippen LogP contribution in [0.5, 0.6) is 0 Å². The largest absolute Gasteiger partial charge is 0.209 e. The quantitative estimate of drug-likeness (QED) is 0.602. The van der Waals surface area contributed by atoms with E-state index < -0.39 is 0 Å². The Morgan fingerprint density at radius 1 is 1.20 bits per heavy atom. The van der Waals surface area contributed by atoms with Crippen LogP contribution in [0.15, 0.2) is 18.2 Å². The van der Waals surface area contributed by atoms with Crippen molar-refractivity contribution in [3.05, 3.63) is 28.4 Å². The van der Waals surface area contributed by atoms with E-state index in [2.05, 4.69) is 20.6 Å². The number of aromatic nitrogens is 5. The van der Waals surface area contributed by atoms with E-state index in [1.165, 1.54) is 4.63 Å². The Labute approximate surface area is 93.6 Å². The third-order valence-corrected chi connectivity index (χ3v) is 2.69. The fourth-order valence-electron chi connectivity index (χ4n) is 1.46. The number of rotatable bonds is 0. The molecular weight excluding hydrogens is 237 g/mol. The van der Waals surface area contributed by atoms with Gasteiger partial charge in [-0.25, -0.2) is 0 Å². The Bertz CT molecular complexity index is 662. The highest BCUT2D eigenvalue weighted by Gasteiger charge is 2.11. The molecule has 0 radical (unpaired) electrons. The Hall–Kier alpha value is -1.46. The van der Waals surface area contributed by atoms with E-state index in [4.69, 9.17) is 23.2 Å². The first-order valence-corrected chi connectivity index (χ1v) is 4.85. The number of halogens is 2. The molecule has 0 spiro atoms. The summed E-state index contributed by atoms with van der Waals surface area (Å²) in [7, 11) is 0. The molecule has 7 heteroatoms. The highest BCUT2D eigenvalue weighted by molar-refractivity contribution is 6.40. The second kappa shape index (κ2) is 3.01. The summed E-state index contributed by atoms with van der Waals surface area (Å²) in [6.07, 6.45) is 0. The normalized spacial score (nSPS) is 11.3. The van der Waals surface area contributed by atoms with Crippen LogP contribution in [0.2, 0.25) is 10.2 Å². The van der Waals surface area contributed by atoms with Gasteiger partial charge in [-0.15, -0.1) is 14.8 Å². The molecule has 74 valence electrons. The van der Waals surface area contributed by atoms with Crippen molar-refractivity contribution in [2.75, 3.05) is 0 Å². The molecule has 0 amide bonds. The number of tetrazole rings is 1. The molecule has 2 aromatic heterocycles. The van der Waals surface area contributed by atoms with Crippen LogP contribution >= 0.6 is 23.2 Å². The Morgan fingerprint density at radius 2 is 2.07 bits per heavy atom. The van der Waals surface area contributed by atoms with Crippen LogP contribution in [-0.2, 0) is 0 Å². The molecule has 0 aliphatic rings. The van der Waals surface area contributed by atoms with Crippen LogP contribution < -0.4 is 0 Å².